The molecule has 102 valence electrons. The Morgan fingerprint density at radius 3 is 2.53 bits per heavy atom. The summed E-state index contributed by atoms with van der Waals surface area (Å²) in [6.45, 7) is 5.24. The van der Waals surface area contributed by atoms with E-state index in [0.717, 1.165) is 10.0 Å². The summed E-state index contributed by atoms with van der Waals surface area (Å²) in [5, 5.41) is 6.58. The first-order valence-electron chi connectivity index (χ1n) is 5.62. The highest BCUT2D eigenvalue weighted by atomic mass is 79.9. The molecular formula is C12H14BrN3O2S. The molecule has 2 aromatic rings. The third kappa shape index (κ3) is 2.66. The van der Waals surface area contributed by atoms with Gasteiger partial charge in [-0.2, -0.15) is 5.10 Å². The molecule has 0 atom stereocenters. The molecule has 0 saturated carbocycles. The van der Waals surface area contributed by atoms with Crippen LogP contribution in [-0.4, -0.2) is 18.6 Å². The van der Waals surface area contributed by atoms with E-state index in [1.807, 2.05) is 13.0 Å². The first-order valence-corrected chi connectivity index (χ1v) is 7.90. The lowest BCUT2D eigenvalue weighted by molar-refractivity contribution is 0.600. The maximum atomic E-state index is 12.4. The van der Waals surface area contributed by atoms with Gasteiger partial charge >= 0.3 is 0 Å². The molecule has 0 fully saturated rings. The molecule has 2 N–H and O–H groups in total. The van der Waals surface area contributed by atoms with E-state index < -0.39 is 10.0 Å². The van der Waals surface area contributed by atoms with Gasteiger partial charge in [-0.15, -0.1) is 0 Å². The maximum absolute atomic E-state index is 12.4. The second-order valence-electron chi connectivity index (χ2n) is 4.31. The van der Waals surface area contributed by atoms with Crippen molar-refractivity contribution in [1.82, 2.24) is 10.2 Å². The van der Waals surface area contributed by atoms with Crippen LogP contribution in [0.4, 0.5) is 5.69 Å². The number of nitrogens with one attached hydrogen (secondary N) is 2. The number of rotatable bonds is 3. The Balaban J connectivity index is 2.46. The number of H-pyrrole nitrogens is 1. The number of anilines is 1. The molecule has 0 radical (unpaired) electrons. The van der Waals surface area contributed by atoms with Crippen LogP contribution in [0.5, 0.6) is 0 Å². The molecule has 2 rings (SSSR count). The summed E-state index contributed by atoms with van der Waals surface area (Å²) >= 11 is 3.38. The second-order valence-corrected chi connectivity index (χ2v) is 6.72. The highest BCUT2D eigenvalue weighted by Crippen LogP contribution is 2.28. The van der Waals surface area contributed by atoms with Crippen molar-refractivity contribution in [3.05, 3.63) is 39.6 Å². The summed E-state index contributed by atoms with van der Waals surface area (Å²) in [5.41, 5.74) is 2.45. The molecule has 1 aromatic heterocycles. The van der Waals surface area contributed by atoms with Crippen molar-refractivity contribution in [3.63, 3.8) is 0 Å². The fourth-order valence-corrected chi connectivity index (χ4v) is 3.80. The monoisotopic (exact) mass is 343 g/mol. The molecule has 1 aromatic carbocycles. The molecule has 7 heteroatoms. The van der Waals surface area contributed by atoms with E-state index in [0.29, 0.717) is 17.1 Å². The number of hydrogen-bond donors (Lipinski definition) is 2. The van der Waals surface area contributed by atoms with Gasteiger partial charge in [0.25, 0.3) is 10.0 Å². The van der Waals surface area contributed by atoms with Gasteiger partial charge in [-0.05, 0) is 48.3 Å². The van der Waals surface area contributed by atoms with Crippen LogP contribution in [0.2, 0.25) is 0 Å². The van der Waals surface area contributed by atoms with Crippen molar-refractivity contribution in [3.8, 4) is 0 Å². The minimum atomic E-state index is -3.64. The Morgan fingerprint density at radius 1 is 1.26 bits per heavy atom. The van der Waals surface area contributed by atoms with Crippen LogP contribution in [0.15, 0.2) is 27.6 Å². The Morgan fingerprint density at radius 2 is 1.95 bits per heavy atom. The smallest absolute Gasteiger partial charge is 0.265 e. The molecule has 0 saturated heterocycles. The minimum absolute atomic E-state index is 0.195. The molecule has 0 unspecified atom stereocenters. The number of nitrogens with zero attached hydrogens (tertiary/aromatic N) is 1. The standard InChI is InChI=1S/C12H14BrN3O2S/c1-7-5-4-6-10(11(7)13)16-19(17,18)12-8(2)14-15-9(12)3/h4-6,16H,1-3H3,(H,14,15). The zero-order valence-electron chi connectivity index (χ0n) is 10.8. The lowest BCUT2D eigenvalue weighted by Crippen LogP contribution is -2.15. The van der Waals surface area contributed by atoms with E-state index in [1.54, 1.807) is 26.0 Å². The quantitative estimate of drug-likeness (QED) is 0.899. The van der Waals surface area contributed by atoms with Gasteiger partial charge in [-0.1, -0.05) is 12.1 Å². The molecule has 0 aliphatic rings. The Labute approximate surface area is 120 Å². The first-order chi connectivity index (χ1) is 8.83. The molecule has 5 nitrogen and oxygen atoms in total. The van der Waals surface area contributed by atoms with Crippen molar-refractivity contribution in [2.45, 2.75) is 25.7 Å². The van der Waals surface area contributed by atoms with E-state index >= 15 is 0 Å². The topological polar surface area (TPSA) is 74.8 Å². The van der Waals surface area contributed by atoms with Gasteiger partial charge in [0, 0.05) is 4.47 Å². The molecule has 0 amide bonds. The van der Waals surface area contributed by atoms with Gasteiger partial charge in [0.2, 0.25) is 0 Å². The lowest BCUT2D eigenvalue weighted by atomic mass is 10.2. The van der Waals surface area contributed by atoms with Crippen LogP contribution >= 0.6 is 15.9 Å². The Bertz CT molecular complexity index is 703. The van der Waals surface area contributed by atoms with Gasteiger partial charge in [-0.3, -0.25) is 9.82 Å². The first kappa shape index (κ1) is 14.1. The molecule has 0 aliphatic carbocycles. The summed E-state index contributed by atoms with van der Waals surface area (Å²) in [5.74, 6) is 0. The highest BCUT2D eigenvalue weighted by molar-refractivity contribution is 9.10. The number of halogens is 1. The fraction of sp³-hybridized carbons (Fsp3) is 0.250. The van der Waals surface area contributed by atoms with Crippen LogP contribution in [0.25, 0.3) is 0 Å². The van der Waals surface area contributed by atoms with E-state index in [9.17, 15) is 8.42 Å². The van der Waals surface area contributed by atoms with Crippen molar-refractivity contribution >= 4 is 31.6 Å². The van der Waals surface area contributed by atoms with Crippen LogP contribution in [0.1, 0.15) is 17.0 Å². The van der Waals surface area contributed by atoms with Gasteiger partial charge in [0.05, 0.1) is 17.1 Å². The molecule has 0 spiro atoms. The number of aromatic amines is 1. The Hall–Kier alpha value is -1.34. The molecule has 19 heavy (non-hydrogen) atoms. The number of sulfonamides is 1. The number of aryl methyl sites for hydroxylation is 3. The number of aromatic nitrogens is 2. The normalized spacial score (nSPS) is 11.6. The molecule has 1 heterocycles. The predicted octanol–water partition coefficient (Wildman–Crippen LogP) is 2.90. The third-order valence-corrected chi connectivity index (χ3v) is 5.45. The largest absolute Gasteiger partial charge is 0.281 e. The van der Waals surface area contributed by atoms with Gasteiger partial charge in [-0.25, -0.2) is 8.42 Å². The van der Waals surface area contributed by atoms with Gasteiger partial charge in [0.1, 0.15) is 4.90 Å². The fourth-order valence-electron chi connectivity index (χ4n) is 1.86. The van der Waals surface area contributed by atoms with Crippen molar-refractivity contribution in [1.29, 1.82) is 0 Å². The van der Waals surface area contributed by atoms with E-state index in [1.165, 1.54) is 0 Å². The summed E-state index contributed by atoms with van der Waals surface area (Å²) in [6, 6.07) is 5.41. The second kappa shape index (κ2) is 4.97. The molecular weight excluding hydrogens is 330 g/mol. The third-order valence-electron chi connectivity index (χ3n) is 2.77. The van der Waals surface area contributed by atoms with Gasteiger partial charge in [0.15, 0.2) is 0 Å². The van der Waals surface area contributed by atoms with Crippen molar-refractivity contribution in [2.24, 2.45) is 0 Å². The van der Waals surface area contributed by atoms with E-state index in [-0.39, 0.29) is 4.90 Å². The van der Waals surface area contributed by atoms with E-state index in [2.05, 4.69) is 30.8 Å². The Kier molecular flexibility index (Phi) is 3.69. The maximum Gasteiger partial charge on any atom is 0.265 e. The summed E-state index contributed by atoms with van der Waals surface area (Å²) in [7, 11) is -3.64. The van der Waals surface area contributed by atoms with Crippen LogP contribution in [-0.2, 0) is 10.0 Å². The molecule has 0 bridgehead atoms. The zero-order valence-corrected chi connectivity index (χ0v) is 13.2. The highest BCUT2D eigenvalue weighted by Gasteiger charge is 2.23. The average Bonchev–Trinajstić information content (AvgIpc) is 2.65. The van der Waals surface area contributed by atoms with Crippen LogP contribution in [0.3, 0.4) is 0 Å². The lowest BCUT2D eigenvalue weighted by Gasteiger charge is -2.11. The summed E-state index contributed by atoms with van der Waals surface area (Å²) in [4.78, 5) is 0.195. The average molecular weight is 344 g/mol. The van der Waals surface area contributed by atoms with E-state index in [4.69, 9.17) is 0 Å². The number of hydrogen-bond acceptors (Lipinski definition) is 3. The van der Waals surface area contributed by atoms with Crippen molar-refractivity contribution in [2.75, 3.05) is 4.72 Å². The summed E-state index contributed by atoms with van der Waals surface area (Å²) in [6.07, 6.45) is 0. The van der Waals surface area contributed by atoms with Crippen LogP contribution < -0.4 is 4.72 Å². The SMILES string of the molecule is Cc1cccc(NS(=O)(=O)c2c(C)n[nH]c2C)c1Br. The minimum Gasteiger partial charge on any atom is -0.281 e. The van der Waals surface area contributed by atoms with Crippen molar-refractivity contribution < 1.29 is 8.42 Å². The number of benzene rings is 1. The molecule has 0 aliphatic heterocycles. The van der Waals surface area contributed by atoms with Crippen LogP contribution in [0, 0.1) is 20.8 Å². The van der Waals surface area contributed by atoms with Gasteiger partial charge < -0.3 is 0 Å². The summed E-state index contributed by atoms with van der Waals surface area (Å²) < 4.78 is 28.1. The zero-order chi connectivity index (χ0) is 14.2. The predicted molar refractivity (Wildman–Crippen MR) is 77.7 cm³/mol.